The molecule has 1 aliphatic heterocycles. The van der Waals surface area contributed by atoms with Crippen molar-refractivity contribution in [1.82, 2.24) is 0 Å². The summed E-state index contributed by atoms with van der Waals surface area (Å²) in [7, 11) is 0. The third-order valence-electron chi connectivity index (χ3n) is 5.45. The molecule has 0 aromatic heterocycles. The Hall–Kier alpha value is -2.71. The molecule has 1 amide bonds. The van der Waals surface area contributed by atoms with E-state index >= 15 is 0 Å². The Morgan fingerprint density at radius 3 is 2.59 bits per heavy atom. The molecule has 1 N–H and O–H groups in total. The summed E-state index contributed by atoms with van der Waals surface area (Å²) >= 11 is 0.962. The molecule has 0 fully saturated rings. The summed E-state index contributed by atoms with van der Waals surface area (Å²) in [5.41, 5.74) is 4.11. The van der Waals surface area contributed by atoms with Crippen molar-refractivity contribution in [3.8, 4) is 0 Å². The van der Waals surface area contributed by atoms with Crippen molar-refractivity contribution >= 4 is 35.0 Å². The molecule has 32 heavy (non-hydrogen) atoms. The SMILES string of the molecule is CCC[N+]1=C(/C=C/C=C/N(C(C)=O)c2ccccc2)C(C)(C)c2cc(SOOO)ccc21. The molecule has 0 radical (unpaired) electrons. The van der Waals surface area contributed by atoms with Gasteiger partial charge in [-0.25, -0.2) is 5.26 Å². The fourth-order valence-electron chi connectivity index (χ4n) is 3.97. The number of nitrogens with zero attached hydrogens (tertiary/aromatic N) is 2. The summed E-state index contributed by atoms with van der Waals surface area (Å²) < 4.78 is 6.93. The van der Waals surface area contributed by atoms with Gasteiger partial charge >= 0.3 is 0 Å². The molecule has 0 spiro atoms. The van der Waals surface area contributed by atoms with Gasteiger partial charge in [0.25, 0.3) is 0 Å². The molecule has 6 nitrogen and oxygen atoms in total. The van der Waals surface area contributed by atoms with Crippen LogP contribution in [0.5, 0.6) is 0 Å². The van der Waals surface area contributed by atoms with Crippen LogP contribution in [0, 0.1) is 0 Å². The number of anilines is 1. The summed E-state index contributed by atoms with van der Waals surface area (Å²) in [6.45, 7) is 8.99. The quantitative estimate of drug-likeness (QED) is 0.165. The Morgan fingerprint density at radius 1 is 1.19 bits per heavy atom. The normalized spacial score (nSPS) is 15.0. The van der Waals surface area contributed by atoms with E-state index in [0.717, 1.165) is 41.3 Å². The summed E-state index contributed by atoms with van der Waals surface area (Å²) in [6, 6.07) is 15.6. The Kier molecular flexibility index (Phi) is 8.04. The van der Waals surface area contributed by atoms with E-state index in [0.29, 0.717) is 0 Å². The minimum Gasteiger partial charge on any atom is -0.288 e. The number of allylic oxidation sites excluding steroid dienone is 3. The van der Waals surface area contributed by atoms with Crippen LogP contribution in [0.1, 0.15) is 39.7 Å². The van der Waals surface area contributed by atoms with Crippen LogP contribution in [-0.4, -0.2) is 28.0 Å². The predicted octanol–water partition coefficient (Wildman–Crippen LogP) is 6.02. The third-order valence-corrected chi connectivity index (χ3v) is 6.02. The first-order valence-electron chi connectivity index (χ1n) is 10.5. The lowest BCUT2D eigenvalue weighted by Crippen LogP contribution is -2.27. The standard InChI is InChI=1S/C25H28N2O4S/c1-5-16-27-23-15-14-21(32-31-30-29)18-22(23)25(3,4)24(27)13-9-10-17-26(19(2)28)20-11-7-6-8-12-20/h6-15,17-18H,5,16H2,1-4H3/p+1. The highest BCUT2D eigenvalue weighted by atomic mass is 32.2. The molecule has 0 saturated carbocycles. The largest absolute Gasteiger partial charge is 0.288 e. The Morgan fingerprint density at radius 2 is 1.94 bits per heavy atom. The van der Waals surface area contributed by atoms with E-state index in [9.17, 15) is 4.79 Å². The number of hydrogen-bond donors (Lipinski definition) is 1. The predicted molar refractivity (Wildman–Crippen MR) is 128 cm³/mol. The maximum atomic E-state index is 12.1. The first-order valence-corrected chi connectivity index (χ1v) is 11.3. The van der Waals surface area contributed by atoms with E-state index in [4.69, 9.17) is 5.26 Å². The first kappa shape index (κ1) is 23.9. The van der Waals surface area contributed by atoms with Gasteiger partial charge in [0.2, 0.25) is 11.6 Å². The number of benzene rings is 2. The van der Waals surface area contributed by atoms with Crippen LogP contribution in [-0.2, 0) is 19.6 Å². The van der Waals surface area contributed by atoms with Crippen molar-refractivity contribution in [3.63, 3.8) is 0 Å². The molecule has 0 saturated heterocycles. The number of carbonyl (C=O) groups excluding carboxylic acids is 1. The zero-order chi connectivity index (χ0) is 23.1. The first-order chi connectivity index (χ1) is 15.4. The number of para-hydroxylation sites is 1. The van der Waals surface area contributed by atoms with Gasteiger partial charge in [-0.3, -0.25) is 9.69 Å². The van der Waals surface area contributed by atoms with Gasteiger partial charge in [-0.2, -0.15) is 4.58 Å². The molecule has 1 aliphatic rings. The molecule has 2 aromatic carbocycles. The fraction of sp³-hybridized carbons (Fsp3) is 0.280. The zero-order valence-corrected chi connectivity index (χ0v) is 19.6. The zero-order valence-electron chi connectivity index (χ0n) is 18.8. The Balaban J connectivity index is 1.89. The lowest BCUT2D eigenvalue weighted by atomic mass is 9.81. The highest BCUT2D eigenvalue weighted by Crippen LogP contribution is 2.42. The van der Waals surface area contributed by atoms with E-state index in [1.165, 1.54) is 11.3 Å². The molecule has 3 rings (SSSR count). The number of amides is 1. The fourth-order valence-corrected chi connectivity index (χ4v) is 4.37. The molecule has 7 heteroatoms. The topological polar surface area (TPSA) is 62.0 Å². The summed E-state index contributed by atoms with van der Waals surface area (Å²) in [4.78, 5) is 14.6. The van der Waals surface area contributed by atoms with Crippen molar-refractivity contribution < 1.29 is 24.0 Å². The van der Waals surface area contributed by atoms with Gasteiger partial charge in [0.15, 0.2) is 5.71 Å². The van der Waals surface area contributed by atoms with E-state index in [-0.39, 0.29) is 11.3 Å². The van der Waals surface area contributed by atoms with Crippen molar-refractivity contribution in [2.45, 2.75) is 44.4 Å². The van der Waals surface area contributed by atoms with E-state index < -0.39 is 0 Å². The van der Waals surface area contributed by atoms with Crippen molar-refractivity contribution in [2.24, 2.45) is 0 Å². The minimum absolute atomic E-state index is 0.0474. The van der Waals surface area contributed by atoms with Crippen LogP contribution in [0.2, 0.25) is 0 Å². The van der Waals surface area contributed by atoms with Crippen LogP contribution in [0.4, 0.5) is 11.4 Å². The van der Waals surface area contributed by atoms with E-state index in [1.54, 1.807) is 18.0 Å². The van der Waals surface area contributed by atoms with Crippen LogP contribution < -0.4 is 4.90 Å². The molecular weight excluding hydrogens is 424 g/mol. The second-order valence-corrected chi connectivity index (χ2v) is 8.77. The monoisotopic (exact) mass is 453 g/mol. The van der Waals surface area contributed by atoms with Gasteiger partial charge in [-0.05, 0) is 44.2 Å². The molecule has 168 valence electrons. The molecule has 0 unspecified atom stereocenters. The Labute approximate surface area is 193 Å². The van der Waals surface area contributed by atoms with Gasteiger partial charge in [0.1, 0.15) is 6.54 Å². The van der Waals surface area contributed by atoms with Gasteiger partial charge in [0, 0.05) is 47.8 Å². The van der Waals surface area contributed by atoms with E-state index in [2.05, 4.69) is 52.9 Å². The minimum atomic E-state index is -0.231. The van der Waals surface area contributed by atoms with Crippen LogP contribution in [0.15, 0.2) is 77.9 Å². The number of hydrogen-bond acceptors (Lipinski definition) is 5. The Bertz CT molecular complexity index is 1050. The molecular formula is C25H29N2O4S+. The molecule has 0 atom stereocenters. The molecule has 0 aliphatic carbocycles. The highest BCUT2D eigenvalue weighted by Gasteiger charge is 2.44. The molecule has 0 bridgehead atoms. The van der Waals surface area contributed by atoms with Crippen LogP contribution in [0.25, 0.3) is 0 Å². The molecule has 2 aromatic rings. The number of fused-ring (bicyclic) bond motifs is 1. The van der Waals surface area contributed by atoms with E-state index in [1.807, 2.05) is 48.6 Å². The third kappa shape index (κ3) is 5.19. The second-order valence-electron chi connectivity index (χ2n) is 7.99. The number of carbonyl (C=O) groups is 1. The second kappa shape index (κ2) is 10.7. The summed E-state index contributed by atoms with van der Waals surface area (Å²) in [5, 5.41) is 12.2. The van der Waals surface area contributed by atoms with Crippen LogP contribution in [0.3, 0.4) is 0 Å². The van der Waals surface area contributed by atoms with Gasteiger partial charge in [-0.15, -0.1) is 4.33 Å². The maximum Gasteiger partial charge on any atom is 0.227 e. The maximum absolute atomic E-state index is 12.1. The van der Waals surface area contributed by atoms with Crippen LogP contribution >= 0.6 is 12.0 Å². The molecule has 1 heterocycles. The van der Waals surface area contributed by atoms with Crippen molar-refractivity contribution in [3.05, 3.63) is 78.5 Å². The van der Waals surface area contributed by atoms with Gasteiger partial charge in [-0.1, -0.05) is 36.2 Å². The van der Waals surface area contributed by atoms with Gasteiger partial charge in [0.05, 0.1) is 17.5 Å². The summed E-state index contributed by atoms with van der Waals surface area (Å²) in [6.07, 6.45) is 8.76. The number of rotatable bonds is 9. The average Bonchev–Trinajstić information content (AvgIpc) is 2.99. The van der Waals surface area contributed by atoms with Gasteiger partial charge < -0.3 is 0 Å². The lowest BCUT2D eigenvalue weighted by Gasteiger charge is -2.16. The highest BCUT2D eigenvalue weighted by molar-refractivity contribution is 7.94. The van der Waals surface area contributed by atoms with Crippen molar-refractivity contribution in [1.29, 1.82) is 0 Å². The smallest absolute Gasteiger partial charge is 0.227 e. The summed E-state index contributed by atoms with van der Waals surface area (Å²) in [5.74, 6) is -0.0474. The lowest BCUT2D eigenvalue weighted by molar-refractivity contribution is -0.437. The average molecular weight is 454 g/mol. The van der Waals surface area contributed by atoms with Crippen molar-refractivity contribution in [2.75, 3.05) is 11.4 Å².